The molecule has 0 spiro atoms. The number of nitrogens with one attached hydrogen (secondary N) is 1. The van der Waals surface area contributed by atoms with Crippen LogP contribution in [0, 0.1) is 6.92 Å². The number of carboxylic acids is 1. The first kappa shape index (κ1) is 21.8. The van der Waals surface area contributed by atoms with Crippen LogP contribution in [0.2, 0.25) is 0 Å². The highest BCUT2D eigenvalue weighted by Crippen LogP contribution is 2.32. The van der Waals surface area contributed by atoms with Gasteiger partial charge in [0.05, 0.1) is 24.9 Å². The zero-order valence-electron chi connectivity index (χ0n) is 17.9. The molecule has 4 rings (SSSR count). The van der Waals surface area contributed by atoms with Gasteiger partial charge in [-0.25, -0.2) is 9.78 Å². The Morgan fingerprint density at radius 3 is 2.47 bits per heavy atom. The zero-order valence-corrected chi connectivity index (χ0v) is 18.7. The molecule has 32 heavy (non-hydrogen) atoms. The van der Waals surface area contributed by atoms with Crippen LogP contribution in [0.4, 0.5) is 0 Å². The summed E-state index contributed by atoms with van der Waals surface area (Å²) < 4.78 is 11.3. The summed E-state index contributed by atoms with van der Waals surface area (Å²) in [5.41, 5.74) is 3.60. The second-order valence-corrected chi connectivity index (χ2v) is 8.73. The maximum absolute atomic E-state index is 13.0. The highest BCUT2D eigenvalue weighted by Gasteiger charge is 2.45. The van der Waals surface area contributed by atoms with Crippen molar-refractivity contribution in [1.29, 1.82) is 0 Å². The molecule has 0 fully saturated rings. The lowest BCUT2D eigenvalue weighted by atomic mass is 9.95. The molecule has 1 amide bonds. The number of benzene rings is 2. The second-order valence-electron chi connectivity index (χ2n) is 7.79. The molecule has 0 bridgehead atoms. The number of rotatable bonds is 8. The van der Waals surface area contributed by atoms with Crippen molar-refractivity contribution >= 4 is 23.2 Å². The van der Waals surface area contributed by atoms with Gasteiger partial charge < -0.3 is 19.9 Å². The van der Waals surface area contributed by atoms with Crippen molar-refractivity contribution in [3.05, 3.63) is 75.2 Å². The van der Waals surface area contributed by atoms with Gasteiger partial charge in [-0.15, -0.1) is 11.3 Å². The number of aryl methyl sites for hydroxylation is 1. The molecule has 8 heteroatoms. The lowest BCUT2D eigenvalue weighted by Crippen LogP contribution is -2.55. The molecule has 2 aromatic carbocycles. The number of carbonyl (C=O) groups is 2. The van der Waals surface area contributed by atoms with Gasteiger partial charge in [-0.3, -0.25) is 4.79 Å². The monoisotopic (exact) mass is 452 g/mol. The molecule has 3 aromatic rings. The van der Waals surface area contributed by atoms with E-state index in [-0.39, 0.29) is 12.8 Å². The molecule has 1 aliphatic rings. The zero-order chi connectivity index (χ0) is 22.7. The van der Waals surface area contributed by atoms with Gasteiger partial charge in [0, 0.05) is 29.7 Å². The third kappa shape index (κ3) is 4.31. The molecule has 0 saturated carbocycles. The van der Waals surface area contributed by atoms with Gasteiger partial charge in [0.25, 0.3) is 5.91 Å². The number of nitrogens with zero attached hydrogens (tertiary/aromatic N) is 1. The Hall–Kier alpha value is -3.39. The van der Waals surface area contributed by atoms with Gasteiger partial charge in [-0.2, -0.15) is 0 Å². The summed E-state index contributed by atoms with van der Waals surface area (Å²) in [5.74, 6) is -0.580. The van der Waals surface area contributed by atoms with Crippen LogP contribution < -0.4 is 14.8 Å². The number of carboxylic acid groups (broad SMARTS) is 1. The van der Waals surface area contributed by atoms with Crippen LogP contribution in [-0.2, 0) is 24.1 Å². The molecular weight excluding hydrogens is 428 g/mol. The van der Waals surface area contributed by atoms with Gasteiger partial charge in [0.2, 0.25) is 0 Å². The van der Waals surface area contributed by atoms with Crippen LogP contribution in [-0.4, -0.2) is 41.2 Å². The SMILES string of the molecule is COc1ccc(C(=O)NC2(C(=O)O)Cc3ccccc3C2)cc1OCCc1scnc1C. The number of ether oxygens (including phenoxy) is 2. The van der Waals surface area contributed by atoms with Crippen LogP contribution in [0.15, 0.2) is 48.0 Å². The van der Waals surface area contributed by atoms with E-state index < -0.39 is 17.4 Å². The van der Waals surface area contributed by atoms with E-state index in [0.717, 1.165) is 21.7 Å². The van der Waals surface area contributed by atoms with Crippen molar-refractivity contribution in [1.82, 2.24) is 10.3 Å². The summed E-state index contributed by atoms with van der Waals surface area (Å²) in [5, 5.41) is 12.7. The lowest BCUT2D eigenvalue weighted by molar-refractivity contribution is -0.144. The third-order valence-electron chi connectivity index (χ3n) is 5.72. The molecule has 0 atom stereocenters. The van der Waals surface area contributed by atoms with Crippen molar-refractivity contribution in [2.45, 2.75) is 31.7 Å². The van der Waals surface area contributed by atoms with Gasteiger partial charge in [-0.1, -0.05) is 24.3 Å². The number of aromatic nitrogens is 1. The average Bonchev–Trinajstić information content (AvgIpc) is 3.37. The number of hydrogen-bond donors (Lipinski definition) is 2. The number of aliphatic carboxylic acids is 1. The summed E-state index contributed by atoms with van der Waals surface area (Å²) in [6, 6.07) is 12.4. The van der Waals surface area contributed by atoms with Gasteiger partial charge in [0.1, 0.15) is 5.54 Å². The van der Waals surface area contributed by atoms with Crippen molar-refractivity contribution < 1.29 is 24.2 Å². The minimum Gasteiger partial charge on any atom is -0.493 e. The highest BCUT2D eigenvalue weighted by atomic mass is 32.1. The van der Waals surface area contributed by atoms with Gasteiger partial charge >= 0.3 is 5.97 Å². The number of carbonyl (C=O) groups excluding carboxylic acids is 1. The van der Waals surface area contributed by atoms with E-state index in [0.29, 0.717) is 30.1 Å². The lowest BCUT2D eigenvalue weighted by Gasteiger charge is -2.25. The predicted octanol–water partition coefficient (Wildman–Crippen LogP) is 3.43. The molecule has 0 saturated heterocycles. The molecule has 0 unspecified atom stereocenters. The summed E-state index contributed by atoms with van der Waals surface area (Å²) in [6.45, 7) is 2.36. The van der Waals surface area contributed by atoms with E-state index in [2.05, 4.69) is 10.3 Å². The summed E-state index contributed by atoms with van der Waals surface area (Å²) in [7, 11) is 1.53. The smallest absolute Gasteiger partial charge is 0.330 e. The van der Waals surface area contributed by atoms with Crippen molar-refractivity contribution in [3.63, 3.8) is 0 Å². The van der Waals surface area contributed by atoms with Crippen LogP contribution in [0.5, 0.6) is 11.5 Å². The number of methoxy groups -OCH3 is 1. The summed E-state index contributed by atoms with van der Waals surface area (Å²) >= 11 is 1.58. The molecule has 2 N–H and O–H groups in total. The van der Waals surface area contributed by atoms with E-state index in [1.807, 2.05) is 31.2 Å². The molecule has 166 valence electrons. The minimum absolute atomic E-state index is 0.248. The molecule has 1 aromatic heterocycles. The maximum Gasteiger partial charge on any atom is 0.330 e. The highest BCUT2D eigenvalue weighted by molar-refractivity contribution is 7.09. The Kier molecular flexibility index (Phi) is 6.14. The Bertz CT molecular complexity index is 1130. The van der Waals surface area contributed by atoms with E-state index in [1.165, 1.54) is 7.11 Å². The van der Waals surface area contributed by atoms with Gasteiger partial charge in [-0.05, 0) is 36.2 Å². The van der Waals surface area contributed by atoms with Crippen LogP contribution in [0.1, 0.15) is 32.1 Å². The normalized spacial score (nSPS) is 13.9. The molecule has 1 heterocycles. The minimum atomic E-state index is -1.37. The molecular formula is C24H24N2O5S. The van der Waals surface area contributed by atoms with E-state index >= 15 is 0 Å². The van der Waals surface area contributed by atoms with Crippen molar-refractivity contribution in [2.24, 2.45) is 0 Å². The number of thiazole rings is 1. The maximum atomic E-state index is 13.0. The van der Waals surface area contributed by atoms with Crippen molar-refractivity contribution in [3.8, 4) is 11.5 Å². The fourth-order valence-electron chi connectivity index (χ4n) is 3.95. The fourth-order valence-corrected chi connectivity index (χ4v) is 4.71. The fraction of sp³-hybridized carbons (Fsp3) is 0.292. The average molecular weight is 453 g/mol. The standard InChI is InChI=1S/C24H24N2O5S/c1-15-21(32-14-25-15)9-10-31-20-11-16(7-8-19(20)30-2)22(27)26-24(23(28)29)12-17-5-3-4-6-18(17)13-24/h3-8,11,14H,9-10,12-13H2,1-2H3,(H,26,27)(H,28,29). The Morgan fingerprint density at radius 2 is 1.88 bits per heavy atom. The molecule has 1 aliphatic carbocycles. The third-order valence-corrected chi connectivity index (χ3v) is 6.72. The first-order chi connectivity index (χ1) is 15.4. The van der Waals surface area contributed by atoms with Gasteiger partial charge in [0.15, 0.2) is 11.5 Å². The molecule has 0 radical (unpaired) electrons. The summed E-state index contributed by atoms with van der Waals surface area (Å²) in [4.78, 5) is 30.6. The first-order valence-electron chi connectivity index (χ1n) is 10.2. The van der Waals surface area contributed by atoms with Crippen LogP contribution in [0.3, 0.4) is 0 Å². The Balaban J connectivity index is 1.50. The van der Waals surface area contributed by atoms with Crippen LogP contribution in [0.25, 0.3) is 0 Å². The predicted molar refractivity (Wildman–Crippen MR) is 121 cm³/mol. The summed E-state index contributed by atoms with van der Waals surface area (Å²) in [6.07, 6.45) is 1.19. The number of amides is 1. The van der Waals surface area contributed by atoms with E-state index in [4.69, 9.17) is 9.47 Å². The Labute approximate surface area is 190 Å². The Morgan fingerprint density at radius 1 is 1.16 bits per heavy atom. The number of hydrogen-bond acceptors (Lipinski definition) is 6. The quantitative estimate of drug-likeness (QED) is 0.543. The first-order valence-corrected chi connectivity index (χ1v) is 11.1. The number of fused-ring (bicyclic) bond motifs is 1. The topological polar surface area (TPSA) is 97.8 Å². The largest absolute Gasteiger partial charge is 0.493 e. The van der Waals surface area contributed by atoms with Crippen molar-refractivity contribution in [2.75, 3.05) is 13.7 Å². The van der Waals surface area contributed by atoms with Crippen LogP contribution >= 0.6 is 11.3 Å². The molecule has 0 aliphatic heterocycles. The molecule has 7 nitrogen and oxygen atoms in total. The van der Waals surface area contributed by atoms with E-state index in [9.17, 15) is 14.7 Å². The second kappa shape index (κ2) is 9.00. The van der Waals surface area contributed by atoms with E-state index in [1.54, 1.807) is 35.0 Å².